The summed E-state index contributed by atoms with van der Waals surface area (Å²) in [5, 5.41) is 33.2. The van der Waals surface area contributed by atoms with Crippen LogP contribution in [-0.4, -0.2) is 26.4 Å². The van der Waals surface area contributed by atoms with E-state index in [0.717, 1.165) is 11.6 Å². The van der Waals surface area contributed by atoms with Gasteiger partial charge < -0.3 is 19.8 Å². The van der Waals surface area contributed by atoms with Crippen LogP contribution in [0.15, 0.2) is 47.1 Å². The molecule has 6 nitrogen and oxygen atoms in total. The first-order chi connectivity index (χ1) is 11.0. The van der Waals surface area contributed by atoms with Crippen molar-refractivity contribution in [2.45, 2.75) is 6.92 Å². The van der Waals surface area contributed by atoms with Crippen molar-refractivity contribution in [3.8, 4) is 33.9 Å². The van der Waals surface area contributed by atoms with Gasteiger partial charge in [0.25, 0.3) is 0 Å². The zero-order valence-electron chi connectivity index (χ0n) is 12.1. The summed E-state index contributed by atoms with van der Waals surface area (Å²) in [6.45, 7) is 1.78. The van der Waals surface area contributed by atoms with Gasteiger partial charge in [-0.2, -0.15) is 0 Å². The fourth-order valence-corrected chi connectivity index (χ4v) is 2.57. The van der Waals surface area contributed by atoms with Gasteiger partial charge >= 0.3 is 5.97 Å². The summed E-state index contributed by atoms with van der Waals surface area (Å²) in [6, 6.07) is 9.34. The van der Waals surface area contributed by atoms with E-state index < -0.39 is 17.5 Å². The Balaban J connectivity index is 2.41. The molecule has 0 saturated heterocycles. The molecule has 1 heterocycles. The second kappa shape index (κ2) is 5.49. The minimum atomic E-state index is -1.21. The lowest BCUT2D eigenvalue weighted by molar-refractivity contribution is 0.0697. The number of rotatable bonds is 3. The van der Waals surface area contributed by atoms with Gasteiger partial charge in [0.1, 0.15) is 0 Å². The molecule has 3 aromatic rings. The SMILES string of the molecule is Cc1cccc(-c2ccno2)c1-c1c(C(=O)O)ccc(O)c1O. The molecule has 0 aliphatic heterocycles. The third-order valence-corrected chi connectivity index (χ3v) is 3.61. The van der Waals surface area contributed by atoms with Crippen LogP contribution in [-0.2, 0) is 0 Å². The molecule has 0 bridgehead atoms. The van der Waals surface area contributed by atoms with E-state index in [1.54, 1.807) is 31.2 Å². The number of hydrogen-bond acceptors (Lipinski definition) is 5. The van der Waals surface area contributed by atoms with E-state index >= 15 is 0 Å². The summed E-state index contributed by atoms with van der Waals surface area (Å²) in [5.74, 6) is -1.65. The lowest BCUT2D eigenvalue weighted by Crippen LogP contribution is -2.01. The van der Waals surface area contributed by atoms with Crippen molar-refractivity contribution in [3.05, 3.63) is 53.7 Å². The number of aryl methyl sites for hydroxylation is 1. The number of aromatic nitrogens is 1. The second-order valence-corrected chi connectivity index (χ2v) is 5.04. The summed E-state index contributed by atoms with van der Waals surface area (Å²) in [7, 11) is 0. The average Bonchev–Trinajstić information content (AvgIpc) is 3.04. The van der Waals surface area contributed by atoms with Gasteiger partial charge in [0.15, 0.2) is 17.3 Å². The Bertz CT molecular complexity index is 884. The molecule has 3 N–H and O–H groups in total. The number of phenols is 2. The monoisotopic (exact) mass is 311 g/mol. The van der Waals surface area contributed by atoms with Gasteiger partial charge in [-0.3, -0.25) is 0 Å². The molecule has 0 unspecified atom stereocenters. The third-order valence-electron chi connectivity index (χ3n) is 3.61. The van der Waals surface area contributed by atoms with Crippen molar-refractivity contribution < 1.29 is 24.6 Å². The number of benzene rings is 2. The van der Waals surface area contributed by atoms with Gasteiger partial charge in [-0.15, -0.1) is 0 Å². The maximum atomic E-state index is 11.5. The number of carbonyl (C=O) groups is 1. The number of hydrogen-bond donors (Lipinski definition) is 3. The van der Waals surface area contributed by atoms with E-state index in [9.17, 15) is 20.1 Å². The molecule has 0 aliphatic carbocycles. The molecule has 23 heavy (non-hydrogen) atoms. The normalized spacial score (nSPS) is 10.7. The Morgan fingerprint density at radius 3 is 2.52 bits per heavy atom. The first-order valence-corrected chi connectivity index (χ1v) is 6.80. The number of carboxylic acid groups (broad SMARTS) is 1. The third kappa shape index (κ3) is 2.40. The number of aromatic carboxylic acids is 1. The Morgan fingerprint density at radius 2 is 1.87 bits per heavy atom. The minimum absolute atomic E-state index is 0.0435. The predicted octanol–water partition coefficient (Wildman–Crippen LogP) is 3.43. The van der Waals surface area contributed by atoms with E-state index in [2.05, 4.69) is 5.16 Å². The highest BCUT2D eigenvalue weighted by atomic mass is 16.5. The highest BCUT2D eigenvalue weighted by Gasteiger charge is 2.23. The zero-order valence-corrected chi connectivity index (χ0v) is 12.1. The van der Waals surface area contributed by atoms with E-state index in [-0.39, 0.29) is 11.1 Å². The van der Waals surface area contributed by atoms with E-state index in [1.165, 1.54) is 12.3 Å². The Hall–Kier alpha value is -3.28. The Morgan fingerprint density at radius 1 is 1.09 bits per heavy atom. The molecule has 0 saturated carbocycles. The van der Waals surface area contributed by atoms with Gasteiger partial charge in [-0.05, 0) is 24.6 Å². The highest BCUT2D eigenvalue weighted by Crippen LogP contribution is 2.44. The van der Waals surface area contributed by atoms with Crippen molar-refractivity contribution in [2.75, 3.05) is 0 Å². The predicted molar refractivity (Wildman–Crippen MR) is 82.4 cm³/mol. The van der Waals surface area contributed by atoms with Crippen LogP contribution in [0.4, 0.5) is 0 Å². The van der Waals surface area contributed by atoms with Crippen LogP contribution in [0.2, 0.25) is 0 Å². The van der Waals surface area contributed by atoms with Crippen LogP contribution in [0.5, 0.6) is 11.5 Å². The Kier molecular flexibility index (Phi) is 3.50. The molecule has 0 radical (unpaired) electrons. The number of carboxylic acids is 1. The average molecular weight is 311 g/mol. The van der Waals surface area contributed by atoms with Crippen LogP contribution in [0.25, 0.3) is 22.5 Å². The van der Waals surface area contributed by atoms with Gasteiger partial charge in [-0.25, -0.2) is 4.79 Å². The lowest BCUT2D eigenvalue weighted by Gasteiger charge is -2.15. The van der Waals surface area contributed by atoms with Crippen molar-refractivity contribution in [2.24, 2.45) is 0 Å². The second-order valence-electron chi connectivity index (χ2n) is 5.04. The maximum absolute atomic E-state index is 11.5. The summed E-state index contributed by atoms with van der Waals surface area (Å²) in [4.78, 5) is 11.5. The molecule has 0 atom stereocenters. The largest absolute Gasteiger partial charge is 0.504 e. The summed E-state index contributed by atoms with van der Waals surface area (Å²) < 4.78 is 5.17. The van der Waals surface area contributed by atoms with Gasteiger partial charge in [0, 0.05) is 22.8 Å². The Labute approximate surface area is 131 Å². The highest BCUT2D eigenvalue weighted by molar-refractivity contribution is 6.02. The zero-order chi connectivity index (χ0) is 16.6. The molecule has 2 aromatic carbocycles. The molecule has 3 rings (SSSR count). The lowest BCUT2D eigenvalue weighted by atomic mass is 9.89. The molecular formula is C17H13NO5. The molecular weight excluding hydrogens is 298 g/mol. The van der Waals surface area contributed by atoms with Gasteiger partial charge in [0.05, 0.1) is 11.8 Å². The fourth-order valence-electron chi connectivity index (χ4n) is 2.57. The van der Waals surface area contributed by atoms with Crippen molar-refractivity contribution in [1.82, 2.24) is 5.16 Å². The van der Waals surface area contributed by atoms with Crippen LogP contribution >= 0.6 is 0 Å². The number of aromatic hydroxyl groups is 2. The van der Waals surface area contributed by atoms with Gasteiger partial charge in [0.2, 0.25) is 0 Å². The molecule has 1 aromatic heterocycles. The maximum Gasteiger partial charge on any atom is 0.336 e. The first-order valence-electron chi connectivity index (χ1n) is 6.80. The molecule has 0 spiro atoms. The smallest absolute Gasteiger partial charge is 0.336 e. The van der Waals surface area contributed by atoms with Gasteiger partial charge in [-0.1, -0.05) is 23.4 Å². The molecule has 0 aliphatic rings. The number of phenolic OH excluding ortho intramolecular Hbond substituents is 2. The standard InChI is InChI=1S/C17H13NO5/c1-9-3-2-4-10(13-7-8-18-23-13)14(9)15-11(17(21)22)5-6-12(19)16(15)20/h2-8,19-20H,1H3,(H,21,22). The molecule has 6 heteroatoms. The topological polar surface area (TPSA) is 104 Å². The molecule has 0 amide bonds. The molecule has 0 fully saturated rings. The van der Waals surface area contributed by atoms with Crippen LogP contribution in [0.3, 0.4) is 0 Å². The minimum Gasteiger partial charge on any atom is -0.504 e. The van der Waals surface area contributed by atoms with E-state index in [4.69, 9.17) is 4.52 Å². The van der Waals surface area contributed by atoms with Crippen molar-refractivity contribution in [1.29, 1.82) is 0 Å². The van der Waals surface area contributed by atoms with Crippen LogP contribution in [0, 0.1) is 6.92 Å². The molecule has 116 valence electrons. The van der Waals surface area contributed by atoms with E-state index in [1.807, 2.05) is 0 Å². The van der Waals surface area contributed by atoms with E-state index in [0.29, 0.717) is 16.9 Å². The first kappa shape index (κ1) is 14.6. The fraction of sp³-hybridized carbons (Fsp3) is 0.0588. The summed E-state index contributed by atoms with van der Waals surface area (Å²) in [6.07, 6.45) is 1.47. The quantitative estimate of drug-likeness (QED) is 0.640. The van der Waals surface area contributed by atoms with Crippen molar-refractivity contribution >= 4 is 5.97 Å². The van der Waals surface area contributed by atoms with Crippen LogP contribution in [0.1, 0.15) is 15.9 Å². The summed E-state index contributed by atoms with van der Waals surface area (Å²) in [5.41, 5.74) is 1.70. The summed E-state index contributed by atoms with van der Waals surface area (Å²) >= 11 is 0. The van der Waals surface area contributed by atoms with Crippen LogP contribution < -0.4 is 0 Å². The number of nitrogens with zero attached hydrogens (tertiary/aromatic N) is 1. The van der Waals surface area contributed by atoms with Crippen molar-refractivity contribution in [3.63, 3.8) is 0 Å².